The molecule has 1 N–H and O–H groups in total. The second-order valence-electron chi connectivity index (χ2n) is 4.15. The van der Waals surface area contributed by atoms with Crippen molar-refractivity contribution in [1.29, 1.82) is 0 Å². The second kappa shape index (κ2) is 5.43. The molecule has 0 bridgehead atoms. The number of hydrogen-bond acceptors (Lipinski definition) is 3. The van der Waals surface area contributed by atoms with Gasteiger partial charge in [0, 0.05) is 24.1 Å². The van der Waals surface area contributed by atoms with Gasteiger partial charge in [-0.3, -0.25) is 4.98 Å². The van der Waals surface area contributed by atoms with Gasteiger partial charge in [0.2, 0.25) is 0 Å². The highest BCUT2D eigenvalue weighted by atomic mass is 15.0. The van der Waals surface area contributed by atoms with Crippen LogP contribution in [0.1, 0.15) is 17.0 Å². The Morgan fingerprint density at radius 2 is 1.94 bits per heavy atom. The van der Waals surface area contributed by atoms with Crippen molar-refractivity contribution >= 4 is 5.82 Å². The largest absolute Gasteiger partial charge is 0.370 e. The van der Waals surface area contributed by atoms with Gasteiger partial charge >= 0.3 is 0 Å². The number of pyridine rings is 2. The van der Waals surface area contributed by atoms with Crippen LogP contribution in [0.2, 0.25) is 0 Å². The molecule has 0 aromatic carbocycles. The molecule has 0 amide bonds. The molecule has 2 aromatic rings. The van der Waals surface area contributed by atoms with E-state index in [4.69, 9.17) is 0 Å². The van der Waals surface area contributed by atoms with Crippen molar-refractivity contribution in [2.45, 2.75) is 20.3 Å². The summed E-state index contributed by atoms with van der Waals surface area (Å²) < 4.78 is 0. The first-order valence-corrected chi connectivity index (χ1v) is 5.83. The van der Waals surface area contributed by atoms with E-state index in [0.717, 1.165) is 30.2 Å². The topological polar surface area (TPSA) is 37.8 Å². The Bertz CT molecular complexity index is 477. The maximum atomic E-state index is 4.39. The Balaban J connectivity index is 1.85. The minimum Gasteiger partial charge on any atom is -0.370 e. The van der Waals surface area contributed by atoms with Gasteiger partial charge in [-0.1, -0.05) is 12.1 Å². The number of rotatable bonds is 4. The minimum atomic E-state index is 0.876. The predicted octanol–water partition coefficient (Wildman–Crippen LogP) is 2.75. The van der Waals surface area contributed by atoms with Crippen LogP contribution in [0.3, 0.4) is 0 Å². The van der Waals surface area contributed by atoms with Crippen LogP contribution in [0.4, 0.5) is 5.82 Å². The molecule has 0 aliphatic carbocycles. The minimum absolute atomic E-state index is 0.876. The first kappa shape index (κ1) is 11.6. The van der Waals surface area contributed by atoms with Crippen LogP contribution in [0.25, 0.3) is 0 Å². The van der Waals surface area contributed by atoms with Gasteiger partial charge in [0.1, 0.15) is 5.82 Å². The fourth-order valence-electron chi connectivity index (χ4n) is 1.62. The molecule has 0 saturated carbocycles. The summed E-state index contributed by atoms with van der Waals surface area (Å²) in [5.41, 5.74) is 3.34. The van der Waals surface area contributed by atoms with Crippen LogP contribution in [0.5, 0.6) is 0 Å². The Kier molecular flexibility index (Phi) is 3.70. The quantitative estimate of drug-likeness (QED) is 0.872. The van der Waals surface area contributed by atoms with Crippen LogP contribution >= 0.6 is 0 Å². The van der Waals surface area contributed by atoms with E-state index in [0.29, 0.717) is 0 Å². The molecule has 2 aromatic heterocycles. The standard InChI is InChI=1S/C14H17N3/c1-11-6-7-13(10-16-11)8-9-15-14-5-3-4-12(2)17-14/h3-7,10H,8-9H2,1-2H3,(H,15,17). The van der Waals surface area contributed by atoms with Crippen molar-refractivity contribution in [3.8, 4) is 0 Å². The summed E-state index contributed by atoms with van der Waals surface area (Å²) in [4.78, 5) is 8.67. The van der Waals surface area contributed by atoms with Crippen molar-refractivity contribution in [2.75, 3.05) is 11.9 Å². The maximum Gasteiger partial charge on any atom is 0.126 e. The first-order valence-electron chi connectivity index (χ1n) is 5.83. The van der Waals surface area contributed by atoms with Crippen LogP contribution in [-0.2, 0) is 6.42 Å². The molecule has 0 aliphatic rings. The summed E-state index contributed by atoms with van der Waals surface area (Å²) in [6, 6.07) is 10.2. The molecule has 0 saturated heterocycles. The lowest BCUT2D eigenvalue weighted by atomic mass is 10.2. The Labute approximate surface area is 102 Å². The number of anilines is 1. The molecule has 0 radical (unpaired) electrons. The van der Waals surface area contributed by atoms with Crippen LogP contribution in [0, 0.1) is 13.8 Å². The predicted molar refractivity (Wildman–Crippen MR) is 70.1 cm³/mol. The highest BCUT2D eigenvalue weighted by molar-refractivity contribution is 5.35. The Morgan fingerprint density at radius 1 is 1.06 bits per heavy atom. The van der Waals surface area contributed by atoms with E-state index >= 15 is 0 Å². The molecule has 2 heterocycles. The zero-order valence-corrected chi connectivity index (χ0v) is 10.3. The summed E-state index contributed by atoms with van der Waals surface area (Å²) >= 11 is 0. The van der Waals surface area contributed by atoms with Gasteiger partial charge in [-0.15, -0.1) is 0 Å². The molecule has 88 valence electrons. The summed E-state index contributed by atoms with van der Waals surface area (Å²) in [7, 11) is 0. The third kappa shape index (κ3) is 3.55. The normalized spacial score (nSPS) is 10.2. The second-order valence-corrected chi connectivity index (χ2v) is 4.15. The van der Waals surface area contributed by atoms with Gasteiger partial charge in [-0.25, -0.2) is 4.98 Å². The van der Waals surface area contributed by atoms with Crippen molar-refractivity contribution in [1.82, 2.24) is 9.97 Å². The van der Waals surface area contributed by atoms with Crippen molar-refractivity contribution < 1.29 is 0 Å². The van der Waals surface area contributed by atoms with Gasteiger partial charge in [-0.05, 0) is 44.0 Å². The lowest BCUT2D eigenvalue weighted by Gasteiger charge is -2.06. The third-order valence-electron chi connectivity index (χ3n) is 2.58. The number of aryl methyl sites for hydroxylation is 2. The van der Waals surface area contributed by atoms with Gasteiger partial charge in [0.05, 0.1) is 0 Å². The average Bonchev–Trinajstić information content (AvgIpc) is 2.32. The maximum absolute atomic E-state index is 4.39. The van der Waals surface area contributed by atoms with E-state index in [1.165, 1.54) is 5.56 Å². The number of hydrogen-bond donors (Lipinski definition) is 1. The third-order valence-corrected chi connectivity index (χ3v) is 2.58. The molecule has 0 fully saturated rings. The smallest absolute Gasteiger partial charge is 0.126 e. The Morgan fingerprint density at radius 3 is 2.65 bits per heavy atom. The van der Waals surface area contributed by atoms with Crippen molar-refractivity contribution in [3.05, 3.63) is 53.5 Å². The molecular formula is C14H17N3. The number of nitrogens with one attached hydrogen (secondary N) is 1. The lowest BCUT2D eigenvalue weighted by molar-refractivity contribution is 0.983. The number of nitrogens with zero attached hydrogens (tertiary/aromatic N) is 2. The zero-order valence-electron chi connectivity index (χ0n) is 10.3. The van der Waals surface area contributed by atoms with Crippen LogP contribution < -0.4 is 5.32 Å². The lowest BCUT2D eigenvalue weighted by Crippen LogP contribution is -2.06. The molecule has 2 rings (SSSR count). The van der Waals surface area contributed by atoms with Gasteiger partial charge in [0.25, 0.3) is 0 Å². The molecule has 0 spiro atoms. The van der Waals surface area contributed by atoms with E-state index in [-0.39, 0.29) is 0 Å². The van der Waals surface area contributed by atoms with Crippen LogP contribution in [-0.4, -0.2) is 16.5 Å². The van der Waals surface area contributed by atoms with Gasteiger partial charge in [0.15, 0.2) is 0 Å². The summed E-state index contributed by atoms with van der Waals surface area (Å²) in [6.07, 6.45) is 2.89. The van der Waals surface area contributed by atoms with Crippen LogP contribution in [0.15, 0.2) is 36.5 Å². The summed E-state index contributed by atoms with van der Waals surface area (Å²) in [5.74, 6) is 0.935. The SMILES string of the molecule is Cc1ccc(CCNc2cccc(C)n2)cn1. The molecular weight excluding hydrogens is 210 g/mol. The summed E-state index contributed by atoms with van der Waals surface area (Å²) in [6.45, 7) is 4.87. The number of aromatic nitrogens is 2. The van der Waals surface area contributed by atoms with E-state index in [2.05, 4.69) is 21.4 Å². The fraction of sp³-hybridized carbons (Fsp3) is 0.286. The Hall–Kier alpha value is -1.90. The molecule has 17 heavy (non-hydrogen) atoms. The van der Waals surface area contributed by atoms with Gasteiger partial charge in [-0.2, -0.15) is 0 Å². The van der Waals surface area contributed by atoms with Gasteiger partial charge < -0.3 is 5.32 Å². The first-order chi connectivity index (χ1) is 8.24. The molecule has 0 aliphatic heterocycles. The van der Waals surface area contributed by atoms with E-state index in [1.807, 2.05) is 44.3 Å². The molecule has 3 heteroatoms. The highest BCUT2D eigenvalue weighted by Crippen LogP contribution is 2.05. The monoisotopic (exact) mass is 227 g/mol. The van der Waals surface area contributed by atoms with Crippen molar-refractivity contribution in [2.24, 2.45) is 0 Å². The molecule has 3 nitrogen and oxygen atoms in total. The zero-order chi connectivity index (χ0) is 12.1. The average molecular weight is 227 g/mol. The van der Waals surface area contributed by atoms with E-state index in [1.54, 1.807) is 0 Å². The van der Waals surface area contributed by atoms with Crippen molar-refractivity contribution in [3.63, 3.8) is 0 Å². The van der Waals surface area contributed by atoms with E-state index in [9.17, 15) is 0 Å². The van der Waals surface area contributed by atoms with E-state index < -0.39 is 0 Å². The molecule has 0 unspecified atom stereocenters. The molecule has 0 atom stereocenters. The summed E-state index contributed by atoms with van der Waals surface area (Å²) in [5, 5.41) is 3.31. The highest BCUT2D eigenvalue weighted by Gasteiger charge is 1.96. The fourth-order valence-corrected chi connectivity index (χ4v) is 1.62.